The Kier molecular flexibility index (Phi) is 4.43. The first-order valence-corrected chi connectivity index (χ1v) is 8.31. The second-order valence-electron chi connectivity index (χ2n) is 5.01. The Morgan fingerprint density at radius 2 is 1.91 bits per heavy atom. The van der Waals surface area contributed by atoms with E-state index in [1.807, 2.05) is 42.1 Å². The monoisotopic (exact) mass is 324 g/mol. The van der Waals surface area contributed by atoms with Gasteiger partial charge in [0.05, 0.1) is 0 Å². The van der Waals surface area contributed by atoms with Crippen LogP contribution in [0.15, 0.2) is 60.1 Å². The number of hydrogen-bond donors (Lipinski definition) is 1. The third-order valence-electron chi connectivity index (χ3n) is 3.35. The van der Waals surface area contributed by atoms with Crippen LogP contribution >= 0.6 is 11.8 Å². The van der Waals surface area contributed by atoms with Crippen LogP contribution in [0.25, 0.3) is 5.69 Å². The Hall–Kier alpha value is -2.60. The van der Waals surface area contributed by atoms with Crippen molar-refractivity contribution in [1.82, 2.24) is 14.5 Å². The van der Waals surface area contributed by atoms with Crippen LogP contribution < -0.4 is 5.32 Å². The first-order valence-electron chi connectivity index (χ1n) is 7.09. The summed E-state index contributed by atoms with van der Waals surface area (Å²) >= 11 is 1.57. The van der Waals surface area contributed by atoms with Crippen LogP contribution in [0, 0.1) is 6.92 Å². The molecular weight excluding hydrogens is 308 g/mol. The highest BCUT2D eigenvalue weighted by Crippen LogP contribution is 2.18. The smallest absolute Gasteiger partial charge is 0.256 e. The number of carbonyl (C=O) groups excluding carboxylic acids is 1. The van der Waals surface area contributed by atoms with Crippen molar-refractivity contribution in [3.63, 3.8) is 0 Å². The van der Waals surface area contributed by atoms with E-state index in [9.17, 15) is 4.79 Å². The Balaban J connectivity index is 1.76. The molecule has 23 heavy (non-hydrogen) atoms. The molecule has 1 aromatic carbocycles. The average molecular weight is 324 g/mol. The van der Waals surface area contributed by atoms with Gasteiger partial charge in [-0.3, -0.25) is 9.36 Å². The van der Waals surface area contributed by atoms with Gasteiger partial charge in [0.25, 0.3) is 5.91 Å². The number of rotatable bonds is 4. The van der Waals surface area contributed by atoms with E-state index in [1.165, 1.54) is 0 Å². The molecule has 1 amide bonds. The van der Waals surface area contributed by atoms with Gasteiger partial charge in [-0.05, 0) is 49.1 Å². The van der Waals surface area contributed by atoms with Gasteiger partial charge in [-0.2, -0.15) is 0 Å². The van der Waals surface area contributed by atoms with Crippen molar-refractivity contribution >= 4 is 23.5 Å². The van der Waals surface area contributed by atoms with E-state index in [0.717, 1.165) is 16.4 Å². The van der Waals surface area contributed by atoms with Gasteiger partial charge in [0.1, 0.15) is 5.82 Å². The fraction of sp³-hybridized carbons (Fsp3) is 0.118. The molecule has 2 aromatic heterocycles. The van der Waals surface area contributed by atoms with Crippen molar-refractivity contribution in [2.24, 2.45) is 0 Å². The SMILES string of the molecule is CSc1nccn1-c1ccc(C(=O)Nc2ccc(C)cn2)cc1. The zero-order chi connectivity index (χ0) is 16.2. The van der Waals surface area contributed by atoms with E-state index in [4.69, 9.17) is 0 Å². The van der Waals surface area contributed by atoms with Gasteiger partial charge in [0.15, 0.2) is 5.16 Å². The lowest BCUT2D eigenvalue weighted by Crippen LogP contribution is -2.13. The molecule has 3 aromatic rings. The maximum absolute atomic E-state index is 12.2. The number of aromatic nitrogens is 3. The number of aryl methyl sites for hydroxylation is 1. The molecule has 2 heterocycles. The maximum Gasteiger partial charge on any atom is 0.256 e. The Morgan fingerprint density at radius 3 is 2.57 bits per heavy atom. The van der Waals surface area contributed by atoms with Gasteiger partial charge in [-0.25, -0.2) is 9.97 Å². The third-order valence-corrected chi connectivity index (χ3v) is 4.02. The van der Waals surface area contributed by atoms with Crippen LogP contribution in [0.2, 0.25) is 0 Å². The van der Waals surface area contributed by atoms with Crippen LogP contribution in [0.3, 0.4) is 0 Å². The molecule has 6 heteroatoms. The van der Waals surface area contributed by atoms with Crippen LogP contribution in [-0.2, 0) is 0 Å². The lowest BCUT2D eigenvalue weighted by atomic mass is 10.2. The number of nitrogens with one attached hydrogen (secondary N) is 1. The summed E-state index contributed by atoms with van der Waals surface area (Å²) in [5.74, 6) is 0.368. The molecule has 0 saturated heterocycles. The van der Waals surface area contributed by atoms with Crippen molar-refractivity contribution in [1.29, 1.82) is 0 Å². The van der Waals surface area contributed by atoms with Crippen molar-refractivity contribution in [2.75, 3.05) is 11.6 Å². The summed E-state index contributed by atoms with van der Waals surface area (Å²) in [6, 6.07) is 11.1. The van der Waals surface area contributed by atoms with Gasteiger partial charge in [0.2, 0.25) is 0 Å². The number of benzene rings is 1. The molecule has 0 atom stereocenters. The summed E-state index contributed by atoms with van der Waals surface area (Å²) in [6.45, 7) is 1.95. The summed E-state index contributed by atoms with van der Waals surface area (Å²) in [5, 5.41) is 3.70. The third kappa shape index (κ3) is 3.43. The summed E-state index contributed by atoms with van der Waals surface area (Å²) in [5.41, 5.74) is 2.61. The van der Waals surface area contributed by atoms with Gasteiger partial charge in [-0.1, -0.05) is 17.8 Å². The number of anilines is 1. The van der Waals surface area contributed by atoms with Crippen molar-refractivity contribution < 1.29 is 4.79 Å². The van der Waals surface area contributed by atoms with Crippen LogP contribution in [0.4, 0.5) is 5.82 Å². The molecule has 0 unspecified atom stereocenters. The molecule has 0 fully saturated rings. The number of carbonyl (C=O) groups is 1. The molecule has 3 rings (SSSR count). The molecule has 116 valence electrons. The molecule has 0 radical (unpaired) electrons. The zero-order valence-corrected chi connectivity index (χ0v) is 13.7. The van der Waals surface area contributed by atoms with E-state index in [1.54, 1.807) is 42.4 Å². The molecule has 0 spiro atoms. The minimum Gasteiger partial charge on any atom is -0.307 e. The Bertz CT molecular complexity index is 809. The van der Waals surface area contributed by atoms with Gasteiger partial charge in [0, 0.05) is 29.8 Å². The normalized spacial score (nSPS) is 10.5. The zero-order valence-electron chi connectivity index (χ0n) is 12.9. The van der Waals surface area contributed by atoms with Gasteiger partial charge >= 0.3 is 0 Å². The van der Waals surface area contributed by atoms with Crippen LogP contribution in [-0.4, -0.2) is 26.7 Å². The van der Waals surface area contributed by atoms with Crippen molar-refractivity contribution in [3.05, 3.63) is 66.1 Å². The molecule has 0 aliphatic carbocycles. The standard InChI is InChI=1S/C17H16N4OS/c1-12-3-8-15(19-11-12)20-16(22)13-4-6-14(7-5-13)21-10-9-18-17(21)23-2/h3-11H,1-2H3,(H,19,20,22). The van der Waals surface area contributed by atoms with Crippen LogP contribution in [0.1, 0.15) is 15.9 Å². The summed E-state index contributed by atoms with van der Waals surface area (Å²) in [7, 11) is 0. The van der Waals surface area contributed by atoms with Crippen LogP contribution in [0.5, 0.6) is 0 Å². The molecule has 0 aliphatic heterocycles. The molecule has 0 saturated carbocycles. The van der Waals surface area contributed by atoms with Gasteiger partial charge < -0.3 is 5.32 Å². The number of amides is 1. The number of pyridine rings is 1. The Morgan fingerprint density at radius 1 is 1.13 bits per heavy atom. The predicted molar refractivity (Wildman–Crippen MR) is 92.3 cm³/mol. The first kappa shape index (κ1) is 15.3. The van der Waals surface area contributed by atoms with Crippen molar-refractivity contribution in [2.45, 2.75) is 12.1 Å². The average Bonchev–Trinajstić information content (AvgIpc) is 3.06. The highest BCUT2D eigenvalue weighted by Gasteiger charge is 2.08. The maximum atomic E-state index is 12.2. The molecule has 0 aliphatic rings. The van der Waals surface area contributed by atoms with E-state index in [-0.39, 0.29) is 5.91 Å². The molecule has 1 N–H and O–H groups in total. The van der Waals surface area contributed by atoms with E-state index < -0.39 is 0 Å². The second-order valence-corrected chi connectivity index (χ2v) is 5.78. The second kappa shape index (κ2) is 6.66. The summed E-state index contributed by atoms with van der Waals surface area (Å²) < 4.78 is 1.98. The first-order chi connectivity index (χ1) is 11.2. The number of hydrogen-bond acceptors (Lipinski definition) is 4. The summed E-state index contributed by atoms with van der Waals surface area (Å²) in [4.78, 5) is 20.7. The topological polar surface area (TPSA) is 59.8 Å². The minimum absolute atomic E-state index is 0.177. The minimum atomic E-state index is -0.177. The van der Waals surface area contributed by atoms with E-state index >= 15 is 0 Å². The fourth-order valence-corrected chi connectivity index (χ4v) is 2.67. The Labute approximate surface area is 138 Å². The molecular formula is C17H16N4OS. The van der Waals surface area contributed by atoms with E-state index in [2.05, 4.69) is 15.3 Å². The lowest BCUT2D eigenvalue weighted by Gasteiger charge is -2.08. The number of thioether (sulfide) groups is 1. The largest absolute Gasteiger partial charge is 0.307 e. The van der Waals surface area contributed by atoms with Gasteiger partial charge in [-0.15, -0.1) is 0 Å². The molecule has 5 nitrogen and oxygen atoms in total. The quantitative estimate of drug-likeness (QED) is 0.746. The highest BCUT2D eigenvalue weighted by atomic mass is 32.2. The number of nitrogens with zero attached hydrogens (tertiary/aromatic N) is 3. The lowest BCUT2D eigenvalue weighted by molar-refractivity contribution is 0.102. The predicted octanol–water partition coefficient (Wildman–Crippen LogP) is 3.55. The fourth-order valence-electron chi connectivity index (χ4n) is 2.14. The molecule has 0 bridgehead atoms. The highest BCUT2D eigenvalue weighted by molar-refractivity contribution is 7.98. The number of imidazole rings is 1. The van der Waals surface area contributed by atoms with Crippen molar-refractivity contribution in [3.8, 4) is 5.69 Å². The summed E-state index contributed by atoms with van der Waals surface area (Å²) in [6.07, 6.45) is 7.36. The van der Waals surface area contributed by atoms with E-state index in [0.29, 0.717) is 11.4 Å².